The minimum absolute atomic E-state index is 0.0811. The Bertz CT molecular complexity index is 1880. The second-order valence-electron chi connectivity index (χ2n) is 13.1. The molecule has 1 aromatic heterocycles. The number of aliphatic hydroxyl groups excluding tert-OH is 1. The summed E-state index contributed by atoms with van der Waals surface area (Å²) in [6, 6.07) is 21.3. The van der Waals surface area contributed by atoms with Crippen molar-refractivity contribution in [1.29, 1.82) is 0 Å². The average Bonchev–Trinajstić information content (AvgIpc) is 3.66. The molecule has 1 fully saturated rings. The first-order chi connectivity index (χ1) is 24.2. The molecule has 0 aliphatic carbocycles. The molecule has 260 valence electrons. The lowest BCUT2D eigenvalue weighted by atomic mass is 9.82. The number of hydrogen-bond donors (Lipinski definition) is 2. The molecule has 2 aliphatic rings. The summed E-state index contributed by atoms with van der Waals surface area (Å²) in [5, 5.41) is 42.3. The van der Waals surface area contributed by atoms with Gasteiger partial charge in [0.1, 0.15) is 0 Å². The third-order valence-corrected chi connectivity index (χ3v) is 9.76. The zero-order valence-electron chi connectivity index (χ0n) is 28.1. The van der Waals surface area contributed by atoms with E-state index >= 15 is 0 Å². The molecule has 12 heteroatoms. The number of carbonyl (C=O) groups is 2. The predicted molar refractivity (Wildman–Crippen MR) is 188 cm³/mol. The van der Waals surface area contributed by atoms with Crippen molar-refractivity contribution in [1.82, 2.24) is 15.0 Å². The van der Waals surface area contributed by atoms with Crippen LogP contribution in [0.4, 0.5) is 17.1 Å². The van der Waals surface area contributed by atoms with Gasteiger partial charge >= 0.3 is 0 Å². The molecular formula is C38H42N6O6. The number of hydrogen-bond acceptors (Lipinski definition) is 8. The third kappa shape index (κ3) is 7.08. The highest BCUT2D eigenvalue weighted by Gasteiger charge is 2.53. The van der Waals surface area contributed by atoms with Crippen LogP contribution in [-0.4, -0.2) is 55.1 Å². The van der Waals surface area contributed by atoms with Gasteiger partial charge in [0.25, 0.3) is 11.6 Å². The minimum Gasteiger partial charge on any atom is -0.395 e. The molecule has 2 amide bonds. The number of fused-ring (bicyclic) bond motifs is 1. The number of allylic oxidation sites excluding steroid dienone is 1. The lowest BCUT2D eigenvalue weighted by molar-refractivity contribution is -0.385. The van der Waals surface area contributed by atoms with E-state index in [0.717, 1.165) is 42.5 Å². The zero-order valence-corrected chi connectivity index (χ0v) is 28.1. The van der Waals surface area contributed by atoms with Gasteiger partial charge in [-0.05, 0) is 48.6 Å². The van der Waals surface area contributed by atoms with Gasteiger partial charge in [-0.25, -0.2) is 0 Å². The fourth-order valence-corrected chi connectivity index (χ4v) is 6.93. The van der Waals surface area contributed by atoms with E-state index in [1.807, 2.05) is 65.6 Å². The van der Waals surface area contributed by atoms with Gasteiger partial charge in [0.05, 0.1) is 35.4 Å². The molecule has 0 saturated carbocycles. The number of nitrogens with zero attached hydrogens (tertiary/aromatic N) is 6. The Hall–Kier alpha value is -5.20. The van der Waals surface area contributed by atoms with Crippen LogP contribution in [0.2, 0.25) is 0 Å². The van der Waals surface area contributed by atoms with E-state index in [1.165, 1.54) is 23.1 Å². The van der Waals surface area contributed by atoms with Gasteiger partial charge in [0.2, 0.25) is 5.91 Å². The van der Waals surface area contributed by atoms with Crippen LogP contribution in [0, 0.1) is 16.0 Å². The topological polar surface area (TPSA) is 155 Å². The van der Waals surface area contributed by atoms with Crippen molar-refractivity contribution in [3.63, 3.8) is 0 Å². The number of nitro groups is 1. The molecule has 1 saturated heterocycles. The number of aryl methyl sites for hydroxylation is 1. The van der Waals surface area contributed by atoms with E-state index in [9.17, 15) is 29.9 Å². The summed E-state index contributed by atoms with van der Waals surface area (Å²) in [6.07, 6.45) is 10.3. The molecule has 6 rings (SSSR count). The molecule has 2 N–H and O–H groups in total. The number of nitro benzene ring substituents is 1. The van der Waals surface area contributed by atoms with E-state index < -0.39 is 22.3 Å². The minimum atomic E-state index is -2.04. The molecule has 50 heavy (non-hydrogen) atoms. The Balaban J connectivity index is 1.19. The Morgan fingerprint density at radius 3 is 2.60 bits per heavy atom. The first-order valence-electron chi connectivity index (χ1n) is 17.2. The van der Waals surface area contributed by atoms with Crippen molar-refractivity contribution in [2.24, 2.45) is 5.92 Å². The number of rotatable bonds is 12. The van der Waals surface area contributed by atoms with E-state index in [1.54, 1.807) is 23.9 Å². The van der Waals surface area contributed by atoms with Crippen molar-refractivity contribution in [2.45, 2.75) is 70.1 Å². The van der Waals surface area contributed by atoms with Gasteiger partial charge in [-0.3, -0.25) is 24.4 Å². The Labute approximate surface area is 290 Å². The quantitative estimate of drug-likeness (QED) is 0.111. The maximum atomic E-state index is 14.2. The Morgan fingerprint density at radius 1 is 1.02 bits per heavy atom. The summed E-state index contributed by atoms with van der Waals surface area (Å²) < 4.78 is 1.68. The second-order valence-corrected chi connectivity index (χ2v) is 13.1. The van der Waals surface area contributed by atoms with Gasteiger partial charge in [0.15, 0.2) is 5.60 Å². The Kier molecular flexibility index (Phi) is 10.5. The van der Waals surface area contributed by atoms with Crippen molar-refractivity contribution in [2.75, 3.05) is 23.0 Å². The largest absolute Gasteiger partial charge is 0.395 e. The maximum Gasteiger partial charge on any atom is 0.269 e. The Morgan fingerprint density at radius 2 is 1.82 bits per heavy atom. The molecule has 0 bridgehead atoms. The summed E-state index contributed by atoms with van der Waals surface area (Å²) in [5.41, 5.74) is 1.45. The lowest BCUT2D eigenvalue weighted by Crippen LogP contribution is -2.44. The monoisotopic (exact) mass is 678 g/mol. The number of aromatic nitrogens is 3. The lowest BCUT2D eigenvalue weighted by Gasteiger charge is -2.28. The smallest absolute Gasteiger partial charge is 0.269 e. The molecule has 3 aromatic carbocycles. The third-order valence-electron chi connectivity index (χ3n) is 9.76. The zero-order chi connectivity index (χ0) is 35.3. The van der Waals surface area contributed by atoms with E-state index in [0.29, 0.717) is 37.3 Å². The summed E-state index contributed by atoms with van der Waals surface area (Å²) in [7, 11) is 0. The van der Waals surface area contributed by atoms with Gasteiger partial charge in [-0.1, -0.05) is 79.6 Å². The van der Waals surface area contributed by atoms with Crippen molar-refractivity contribution in [3.05, 3.63) is 124 Å². The van der Waals surface area contributed by atoms with E-state index in [-0.39, 0.29) is 36.2 Å². The van der Waals surface area contributed by atoms with Crippen molar-refractivity contribution in [3.8, 4) is 0 Å². The SMILES string of the molecule is C[C@@H](/C=C/CCn1cc(C(CO)c2ccccc2)nn1)[C@]1(O)C(=O)N(Cc2cccc(N3CCCCCCC3=O)c2)c2ccc([N+](=O)[O-])cc21. The molecule has 4 aromatic rings. The molecule has 0 spiro atoms. The molecule has 0 radical (unpaired) electrons. The van der Waals surface area contributed by atoms with Crippen LogP contribution in [0.1, 0.15) is 73.8 Å². The van der Waals surface area contributed by atoms with Crippen LogP contribution in [-0.2, 0) is 28.3 Å². The highest BCUT2D eigenvalue weighted by molar-refractivity contribution is 6.07. The molecule has 3 heterocycles. The van der Waals surface area contributed by atoms with Gasteiger partial charge in [-0.2, -0.15) is 0 Å². The van der Waals surface area contributed by atoms with Crippen LogP contribution in [0.25, 0.3) is 0 Å². The average molecular weight is 679 g/mol. The standard InChI is InChI=1S/C38H42N6O6/c1-27(12-8-10-20-41-25-34(39-40-41)32(26-45)29-14-5-4-6-15-29)38(48)33-23-31(44(49)50)18-19-35(33)43(37(38)47)24-28-13-11-16-30(22-28)42-21-9-3-2-7-17-36(42)46/h4-6,8,11-16,18-19,22-23,25,27,32,45,48H,2-3,7,9-10,17,20-21,24,26H2,1H3/b12-8+/t27-,32?,38+/m0/s1. The first kappa shape index (κ1) is 34.7. The van der Waals surface area contributed by atoms with Crippen molar-refractivity contribution < 1.29 is 24.7 Å². The number of aliphatic hydroxyl groups is 2. The van der Waals surface area contributed by atoms with Crippen LogP contribution in [0.15, 0.2) is 91.1 Å². The van der Waals surface area contributed by atoms with Crippen molar-refractivity contribution >= 4 is 28.9 Å². The highest BCUT2D eigenvalue weighted by atomic mass is 16.6. The maximum absolute atomic E-state index is 14.2. The number of non-ortho nitro benzene ring substituents is 1. The number of amides is 2. The fraction of sp³-hybridized carbons (Fsp3) is 0.368. The molecule has 12 nitrogen and oxygen atoms in total. The summed E-state index contributed by atoms with van der Waals surface area (Å²) in [5.74, 6) is -1.51. The first-order valence-corrected chi connectivity index (χ1v) is 17.2. The molecule has 3 atom stereocenters. The van der Waals surface area contributed by atoms with Gasteiger partial charge in [0, 0.05) is 55.0 Å². The summed E-state index contributed by atoms with van der Waals surface area (Å²) >= 11 is 0. The van der Waals surface area contributed by atoms with Crippen LogP contribution >= 0.6 is 0 Å². The van der Waals surface area contributed by atoms with Crippen LogP contribution in [0.5, 0.6) is 0 Å². The second kappa shape index (κ2) is 15.1. The van der Waals surface area contributed by atoms with Crippen LogP contribution in [0.3, 0.4) is 0 Å². The normalized spacial score (nSPS) is 19.3. The van der Waals surface area contributed by atoms with Crippen LogP contribution < -0.4 is 9.80 Å². The summed E-state index contributed by atoms with van der Waals surface area (Å²) in [4.78, 5) is 41.6. The number of anilines is 2. The van der Waals surface area contributed by atoms with E-state index in [4.69, 9.17) is 0 Å². The number of carbonyl (C=O) groups excluding carboxylic acids is 2. The van der Waals surface area contributed by atoms with Gasteiger partial charge < -0.3 is 20.0 Å². The molecular weight excluding hydrogens is 636 g/mol. The highest BCUT2D eigenvalue weighted by Crippen LogP contribution is 2.47. The predicted octanol–water partition coefficient (Wildman–Crippen LogP) is 5.62. The molecule has 1 unspecified atom stereocenters. The fourth-order valence-electron chi connectivity index (χ4n) is 6.93. The van der Waals surface area contributed by atoms with E-state index in [2.05, 4.69) is 10.3 Å². The summed E-state index contributed by atoms with van der Waals surface area (Å²) in [6.45, 7) is 2.83. The number of benzene rings is 3. The van der Waals surface area contributed by atoms with Gasteiger partial charge in [-0.15, -0.1) is 5.10 Å². The molecule has 2 aliphatic heterocycles.